The first-order valence-corrected chi connectivity index (χ1v) is 8.51. The number of aliphatic hydroxyl groups is 1. The SMILES string of the molecule is CC1CCC(C)N(CCC(O)c2ccc(Br)cc2Cl)C1. The van der Waals surface area contributed by atoms with E-state index < -0.39 is 6.10 Å². The monoisotopic (exact) mass is 359 g/mol. The summed E-state index contributed by atoms with van der Waals surface area (Å²) in [5.41, 5.74) is 0.826. The third kappa shape index (κ3) is 4.20. The van der Waals surface area contributed by atoms with Crippen molar-refractivity contribution >= 4 is 27.5 Å². The van der Waals surface area contributed by atoms with Crippen LogP contribution in [0.1, 0.15) is 44.8 Å². The van der Waals surface area contributed by atoms with Crippen molar-refractivity contribution in [2.24, 2.45) is 5.92 Å². The minimum Gasteiger partial charge on any atom is -0.388 e. The normalized spacial score (nSPS) is 25.6. The van der Waals surface area contributed by atoms with E-state index >= 15 is 0 Å². The molecule has 0 bridgehead atoms. The molecule has 2 nitrogen and oxygen atoms in total. The number of hydrogen-bond acceptors (Lipinski definition) is 2. The van der Waals surface area contributed by atoms with E-state index in [0.29, 0.717) is 11.1 Å². The van der Waals surface area contributed by atoms with E-state index in [0.717, 1.165) is 35.5 Å². The lowest BCUT2D eigenvalue weighted by molar-refractivity contribution is 0.0907. The van der Waals surface area contributed by atoms with Crippen molar-refractivity contribution in [3.8, 4) is 0 Å². The van der Waals surface area contributed by atoms with Crippen molar-refractivity contribution < 1.29 is 5.11 Å². The van der Waals surface area contributed by atoms with Gasteiger partial charge >= 0.3 is 0 Å². The molecule has 0 spiro atoms. The average Bonchev–Trinajstić information content (AvgIpc) is 2.39. The van der Waals surface area contributed by atoms with Crippen LogP contribution < -0.4 is 0 Å². The maximum atomic E-state index is 10.3. The maximum Gasteiger partial charge on any atom is 0.0816 e. The van der Waals surface area contributed by atoms with Gasteiger partial charge in [0.1, 0.15) is 0 Å². The quantitative estimate of drug-likeness (QED) is 0.845. The Kier molecular flexibility index (Phi) is 5.91. The largest absolute Gasteiger partial charge is 0.388 e. The topological polar surface area (TPSA) is 23.5 Å². The molecule has 3 unspecified atom stereocenters. The van der Waals surface area contributed by atoms with E-state index in [4.69, 9.17) is 11.6 Å². The summed E-state index contributed by atoms with van der Waals surface area (Å²) in [6.07, 6.45) is 2.83. The molecule has 0 aromatic heterocycles. The number of hydrogen-bond donors (Lipinski definition) is 1. The Morgan fingerprint density at radius 2 is 2.15 bits per heavy atom. The van der Waals surface area contributed by atoms with Crippen LogP contribution in [0, 0.1) is 5.92 Å². The minimum atomic E-state index is -0.486. The molecule has 1 aliphatic rings. The van der Waals surface area contributed by atoms with Crippen LogP contribution in [0.4, 0.5) is 0 Å². The van der Waals surface area contributed by atoms with Gasteiger partial charge in [0.25, 0.3) is 0 Å². The van der Waals surface area contributed by atoms with E-state index in [1.54, 1.807) is 0 Å². The molecular formula is C16H23BrClNO. The Balaban J connectivity index is 1.92. The summed E-state index contributed by atoms with van der Waals surface area (Å²) in [6.45, 7) is 6.66. The molecule has 1 aliphatic heterocycles. The lowest BCUT2D eigenvalue weighted by atomic mass is 9.94. The number of aliphatic hydroxyl groups excluding tert-OH is 1. The predicted octanol–water partition coefficient (Wildman–Crippen LogP) is 4.65. The summed E-state index contributed by atoms with van der Waals surface area (Å²) in [5, 5.41) is 11.0. The van der Waals surface area contributed by atoms with Crippen LogP contribution in [0.5, 0.6) is 0 Å². The molecule has 1 aromatic rings. The van der Waals surface area contributed by atoms with E-state index in [9.17, 15) is 5.11 Å². The van der Waals surface area contributed by atoms with Gasteiger partial charge in [0.15, 0.2) is 0 Å². The fourth-order valence-corrected chi connectivity index (χ4v) is 3.71. The second kappa shape index (κ2) is 7.26. The van der Waals surface area contributed by atoms with E-state index in [1.807, 2.05) is 18.2 Å². The lowest BCUT2D eigenvalue weighted by Gasteiger charge is -2.37. The van der Waals surface area contributed by atoms with Crippen molar-refractivity contribution in [3.05, 3.63) is 33.3 Å². The molecule has 0 saturated carbocycles. The van der Waals surface area contributed by atoms with Crippen LogP contribution in [0.25, 0.3) is 0 Å². The number of halogens is 2. The van der Waals surface area contributed by atoms with Gasteiger partial charge in [0, 0.05) is 28.6 Å². The summed E-state index contributed by atoms with van der Waals surface area (Å²) in [7, 11) is 0. The number of benzene rings is 1. The van der Waals surface area contributed by atoms with Crippen LogP contribution in [0.2, 0.25) is 5.02 Å². The highest BCUT2D eigenvalue weighted by atomic mass is 79.9. The molecule has 0 amide bonds. The van der Waals surface area contributed by atoms with Crippen LogP contribution >= 0.6 is 27.5 Å². The lowest BCUT2D eigenvalue weighted by Crippen LogP contribution is -2.41. The van der Waals surface area contributed by atoms with Crippen molar-refractivity contribution in [3.63, 3.8) is 0 Å². The summed E-state index contributed by atoms with van der Waals surface area (Å²) >= 11 is 9.58. The molecule has 1 N–H and O–H groups in total. The Bertz CT molecular complexity index is 454. The first-order chi connectivity index (χ1) is 9.47. The molecule has 1 saturated heterocycles. The van der Waals surface area contributed by atoms with Crippen molar-refractivity contribution in [2.75, 3.05) is 13.1 Å². The van der Waals surface area contributed by atoms with Gasteiger partial charge in [-0.15, -0.1) is 0 Å². The van der Waals surface area contributed by atoms with Crippen molar-refractivity contribution in [1.29, 1.82) is 0 Å². The van der Waals surface area contributed by atoms with Gasteiger partial charge in [-0.1, -0.05) is 40.5 Å². The summed E-state index contributed by atoms with van der Waals surface area (Å²) in [4.78, 5) is 2.49. The number of piperidine rings is 1. The highest BCUT2D eigenvalue weighted by molar-refractivity contribution is 9.10. The third-order valence-electron chi connectivity index (χ3n) is 4.26. The molecule has 3 atom stereocenters. The predicted molar refractivity (Wildman–Crippen MR) is 88.2 cm³/mol. The zero-order chi connectivity index (χ0) is 14.7. The fourth-order valence-electron chi connectivity index (χ4n) is 2.91. The first-order valence-electron chi connectivity index (χ1n) is 7.34. The molecule has 1 aromatic carbocycles. The second-order valence-corrected chi connectivity index (χ2v) is 7.32. The summed E-state index contributed by atoms with van der Waals surface area (Å²) < 4.78 is 0.942. The molecular weight excluding hydrogens is 338 g/mol. The van der Waals surface area contributed by atoms with Gasteiger partial charge < -0.3 is 10.0 Å². The van der Waals surface area contributed by atoms with Gasteiger partial charge in [-0.3, -0.25) is 0 Å². The minimum absolute atomic E-state index is 0.486. The second-order valence-electron chi connectivity index (χ2n) is 6.00. The number of nitrogens with zero attached hydrogens (tertiary/aromatic N) is 1. The van der Waals surface area contributed by atoms with Crippen molar-refractivity contribution in [2.45, 2.75) is 45.3 Å². The Morgan fingerprint density at radius 3 is 2.85 bits per heavy atom. The van der Waals surface area contributed by atoms with E-state index in [2.05, 4.69) is 34.7 Å². The molecule has 112 valence electrons. The summed E-state index contributed by atoms with van der Waals surface area (Å²) in [5.74, 6) is 0.764. The van der Waals surface area contributed by atoms with E-state index in [1.165, 1.54) is 12.8 Å². The van der Waals surface area contributed by atoms with Crippen LogP contribution in [0.3, 0.4) is 0 Å². The molecule has 4 heteroatoms. The smallest absolute Gasteiger partial charge is 0.0816 e. The molecule has 1 fully saturated rings. The van der Waals surface area contributed by atoms with Crippen LogP contribution in [-0.2, 0) is 0 Å². The fraction of sp³-hybridized carbons (Fsp3) is 0.625. The summed E-state index contributed by atoms with van der Waals surface area (Å²) in [6, 6.07) is 6.29. The molecule has 0 aliphatic carbocycles. The molecule has 0 radical (unpaired) electrons. The van der Waals surface area contributed by atoms with Gasteiger partial charge in [0.05, 0.1) is 6.10 Å². The number of likely N-dealkylation sites (tertiary alicyclic amines) is 1. The third-order valence-corrected chi connectivity index (χ3v) is 5.08. The average molecular weight is 361 g/mol. The van der Waals surface area contributed by atoms with Crippen molar-refractivity contribution in [1.82, 2.24) is 4.90 Å². The standard InChI is InChI=1S/C16H23BrClNO/c1-11-3-4-12(2)19(10-11)8-7-16(20)14-6-5-13(17)9-15(14)18/h5-6,9,11-12,16,20H,3-4,7-8,10H2,1-2H3. The van der Waals surface area contributed by atoms with Crippen LogP contribution in [0.15, 0.2) is 22.7 Å². The number of rotatable bonds is 4. The Hall–Kier alpha value is -0.0900. The zero-order valence-electron chi connectivity index (χ0n) is 12.1. The van der Waals surface area contributed by atoms with Gasteiger partial charge in [-0.2, -0.15) is 0 Å². The van der Waals surface area contributed by atoms with Gasteiger partial charge in [-0.05, 0) is 49.8 Å². The van der Waals surface area contributed by atoms with Crippen LogP contribution in [-0.4, -0.2) is 29.1 Å². The van der Waals surface area contributed by atoms with Gasteiger partial charge in [-0.25, -0.2) is 0 Å². The molecule has 1 heterocycles. The Labute approximate surface area is 135 Å². The highest BCUT2D eigenvalue weighted by Gasteiger charge is 2.23. The zero-order valence-corrected chi connectivity index (χ0v) is 14.5. The first kappa shape index (κ1) is 16.3. The molecule has 20 heavy (non-hydrogen) atoms. The highest BCUT2D eigenvalue weighted by Crippen LogP contribution is 2.29. The Morgan fingerprint density at radius 1 is 1.40 bits per heavy atom. The molecule has 2 rings (SSSR count). The maximum absolute atomic E-state index is 10.3. The van der Waals surface area contributed by atoms with Gasteiger partial charge in [0.2, 0.25) is 0 Å². The van der Waals surface area contributed by atoms with E-state index in [-0.39, 0.29) is 0 Å².